The lowest BCUT2D eigenvalue weighted by molar-refractivity contribution is -0.176. The van der Waals surface area contributed by atoms with Gasteiger partial charge in [-0.1, -0.05) is 12.1 Å². The van der Waals surface area contributed by atoms with Crippen molar-refractivity contribution in [2.45, 2.75) is 12.6 Å². The summed E-state index contributed by atoms with van der Waals surface area (Å²) in [4.78, 5) is 11.5. The van der Waals surface area contributed by atoms with Crippen molar-refractivity contribution in [1.29, 1.82) is 0 Å². The molecule has 1 aromatic rings. The molecule has 1 rings (SSSR count). The molecule has 7 heteroatoms. The first-order valence-corrected chi connectivity index (χ1v) is 5.15. The number of amides is 1. The van der Waals surface area contributed by atoms with Gasteiger partial charge in [0.05, 0.1) is 7.11 Å². The van der Waals surface area contributed by atoms with Crippen LogP contribution in [0.15, 0.2) is 24.3 Å². The van der Waals surface area contributed by atoms with Gasteiger partial charge >= 0.3 is 12.0 Å². The zero-order valence-electron chi connectivity index (χ0n) is 10.1. The number of alkyl halides is 2. The Kier molecular flexibility index (Phi) is 4.57. The Morgan fingerprint density at radius 1 is 1.56 bits per heavy atom. The minimum atomic E-state index is -3.67. The molecule has 5 nitrogen and oxygen atoms in total. The molecule has 0 heterocycles. The SMILES string of the molecule is COc1cccc(CN(C)C(F)(F)C(=O)NN)c1. The first-order valence-electron chi connectivity index (χ1n) is 5.15. The minimum absolute atomic E-state index is 0.113. The number of carbonyl (C=O) groups is 1. The fourth-order valence-electron chi connectivity index (χ4n) is 1.40. The van der Waals surface area contributed by atoms with E-state index in [0.29, 0.717) is 16.2 Å². The van der Waals surface area contributed by atoms with Crippen molar-refractivity contribution in [1.82, 2.24) is 10.3 Å². The maximum Gasteiger partial charge on any atom is 0.385 e. The van der Waals surface area contributed by atoms with Crippen LogP contribution in [-0.2, 0) is 11.3 Å². The van der Waals surface area contributed by atoms with E-state index in [-0.39, 0.29) is 6.54 Å². The van der Waals surface area contributed by atoms with Gasteiger partial charge < -0.3 is 4.74 Å². The van der Waals surface area contributed by atoms with Crippen molar-refractivity contribution in [3.05, 3.63) is 29.8 Å². The van der Waals surface area contributed by atoms with E-state index in [4.69, 9.17) is 10.6 Å². The van der Waals surface area contributed by atoms with Gasteiger partial charge in [-0.15, -0.1) is 0 Å². The molecule has 0 saturated heterocycles. The number of ether oxygens (including phenoxy) is 1. The molecule has 0 unspecified atom stereocenters. The average molecular weight is 259 g/mol. The first kappa shape index (κ1) is 14.3. The Hall–Kier alpha value is -1.73. The molecule has 1 amide bonds. The molecule has 18 heavy (non-hydrogen) atoms. The molecule has 0 aromatic heterocycles. The molecule has 0 aliphatic carbocycles. The lowest BCUT2D eigenvalue weighted by Crippen LogP contribution is -2.52. The number of benzene rings is 1. The van der Waals surface area contributed by atoms with E-state index in [9.17, 15) is 13.6 Å². The Bertz CT molecular complexity index is 427. The number of hydrazine groups is 1. The fraction of sp³-hybridized carbons (Fsp3) is 0.364. The van der Waals surface area contributed by atoms with E-state index in [1.54, 1.807) is 24.3 Å². The van der Waals surface area contributed by atoms with Gasteiger partial charge in [-0.3, -0.25) is 10.2 Å². The number of nitrogens with zero attached hydrogens (tertiary/aromatic N) is 1. The molecule has 0 fully saturated rings. The highest BCUT2D eigenvalue weighted by Gasteiger charge is 2.42. The van der Waals surface area contributed by atoms with Crippen LogP contribution in [0.2, 0.25) is 0 Å². The smallest absolute Gasteiger partial charge is 0.385 e. The summed E-state index contributed by atoms with van der Waals surface area (Å²) in [6, 6.07) is 3.00. The largest absolute Gasteiger partial charge is 0.497 e. The van der Waals surface area contributed by atoms with E-state index in [1.807, 2.05) is 0 Å². The van der Waals surface area contributed by atoms with Crippen LogP contribution < -0.4 is 16.0 Å². The predicted molar refractivity (Wildman–Crippen MR) is 61.7 cm³/mol. The van der Waals surface area contributed by atoms with Gasteiger partial charge in [0.1, 0.15) is 5.75 Å². The summed E-state index contributed by atoms with van der Waals surface area (Å²) in [6.07, 6.45) is 0. The van der Waals surface area contributed by atoms with E-state index in [1.165, 1.54) is 12.5 Å². The van der Waals surface area contributed by atoms with Crippen molar-refractivity contribution >= 4 is 5.91 Å². The monoisotopic (exact) mass is 259 g/mol. The molecule has 0 atom stereocenters. The highest BCUT2D eigenvalue weighted by Crippen LogP contribution is 2.22. The van der Waals surface area contributed by atoms with E-state index >= 15 is 0 Å². The molecule has 0 aliphatic rings. The van der Waals surface area contributed by atoms with Crippen molar-refractivity contribution in [3.63, 3.8) is 0 Å². The third-order valence-corrected chi connectivity index (χ3v) is 2.44. The number of carbonyl (C=O) groups excluding carboxylic acids is 1. The van der Waals surface area contributed by atoms with Crippen molar-refractivity contribution in [2.24, 2.45) is 5.84 Å². The summed E-state index contributed by atoms with van der Waals surface area (Å²) in [5.41, 5.74) is 2.04. The van der Waals surface area contributed by atoms with Crippen LogP contribution >= 0.6 is 0 Å². The third kappa shape index (κ3) is 3.14. The maximum absolute atomic E-state index is 13.5. The quantitative estimate of drug-likeness (QED) is 0.354. The van der Waals surface area contributed by atoms with Gasteiger partial charge in [0.2, 0.25) is 0 Å². The second-order valence-electron chi connectivity index (χ2n) is 3.72. The first-order chi connectivity index (χ1) is 8.41. The number of hydrogen-bond donors (Lipinski definition) is 2. The Morgan fingerprint density at radius 3 is 2.78 bits per heavy atom. The second kappa shape index (κ2) is 5.74. The lowest BCUT2D eigenvalue weighted by Gasteiger charge is -2.25. The summed E-state index contributed by atoms with van der Waals surface area (Å²) in [6.45, 7) is -0.113. The van der Waals surface area contributed by atoms with Gasteiger partial charge in [-0.05, 0) is 24.7 Å². The number of methoxy groups -OCH3 is 1. The molecule has 100 valence electrons. The third-order valence-electron chi connectivity index (χ3n) is 2.44. The summed E-state index contributed by atoms with van der Waals surface area (Å²) in [5, 5.41) is 0. The van der Waals surface area contributed by atoms with Gasteiger partial charge in [0, 0.05) is 6.54 Å². The van der Waals surface area contributed by atoms with Crippen LogP contribution in [0.3, 0.4) is 0 Å². The molecule has 0 bridgehead atoms. The van der Waals surface area contributed by atoms with E-state index in [0.717, 1.165) is 7.05 Å². The highest BCUT2D eigenvalue weighted by atomic mass is 19.3. The molecule has 0 spiro atoms. The predicted octanol–water partition coefficient (Wildman–Crippen LogP) is 0.710. The number of rotatable bonds is 5. The number of nitrogens with two attached hydrogens (primary N) is 1. The van der Waals surface area contributed by atoms with Crippen LogP contribution in [0.25, 0.3) is 0 Å². The molecule has 1 aromatic carbocycles. The Morgan fingerprint density at radius 2 is 2.22 bits per heavy atom. The van der Waals surface area contributed by atoms with Gasteiger partial charge in [-0.25, -0.2) is 10.7 Å². The average Bonchev–Trinajstić information content (AvgIpc) is 2.37. The highest BCUT2D eigenvalue weighted by molar-refractivity contribution is 5.82. The van der Waals surface area contributed by atoms with Crippen LogP contribution in [0.4, 0.5) is 8.78 Å². The number of hydrogen-bond acceptors (Lipinski definition) is 4. The van der Waals surface area contributed by atoms with Crippen LogP contribution in [0, 0.1) is 0 Å². The number of nitrogens with one attached hydrogen (secondary N) is 1. The zero-order valence-corrected chi connectivity index (χ0v) is 10.1. The second-order valence-corrected chi connectivity index (χ2v) is 3.72. The normalized spacial score (nSPS) is 11.4. The van der Waals surface area contributed by atoms with E-state index in [2.05, 4.69) is 0 Å². The topological polar surface area (TPSA) is 67.6 Å². The van der Waals surface area contributed by atoms with E-state index < -0.39 is 12.0 Å². The summed E-state index contributed by atoms with van der Waals surface area (Å²) in [5.74, 6) is 3.72. The molecular weight excluding hydrogens is 244 g/mol. The standard InChI is InChI=1S/C11H15F2N3O2/c1-16(11(12,13)10(17)15-14)7-8-4-3-5-9(6-8)18-2/h3-6H,7,14H2,1-2H3,(H,15,17). The molecule has 0 saturated carbocycles. The van der Waals surface area contributed by atoms with Crippen molar-refractivity contribution in [2.75, 3.05) is 14.2 Å². The van der Waals surface area contributed by atoms with Crippen molar-refractivity contribution < 1.29 is 18.3 Å². The number of halogens is 2. The summed E-state index contributed by atoms with van der Waals surface area (Å²) >= 11 is 0. The lowest BCUT2D eigenvalue weighted by atomic mass is 10.2. The van der Waals surface area contributed by atoms with Crippen LogP contribution in [0.1, 0.15) is 5.56 Å². The van der Waals surface area contributed by atoms with Crippen LogP contribution in [0.5, 0.6) is 5.75 Å². The van der Waals surface area contributed by atoms with Gasteiger partial charge in [0.15, 0.2) is 0 Å². The molecule has 3 N–H and O–H groups in total. The Balaban J connectivity index is 2.80. The summed E-state index contributed by atoms with van der Waals surface area (Å²) in [7, 11) is 2.62. The van der Waals surface area contributed by atoms with Crippen LogP contribution in [-0.4, -0.2) is 31.0 Å². The molecule has 0 aliphatic heterocycles. The minimum Gasteiger partial charge on any atom is -0.497 e. The van der Waals surface area contributed by atoms with Gasteiger partial charge in [0.25, 0.3) is 0 Å². The number of likely N-dealkylation sites (N-methyl/N-ethyl adjacent to an activating group) is 1. The summed E-state index contributed by atoms with van der Waals surface area (Å²) < 4.78 is 31.9. The van der Waals surface area contributed by atoms with Crippen molar-refractivity contribution in [3.8, 4) is 5.75 Å². The molecule has 0 radical (unpaired) electrons. The van der Waals surface area contributed by atoms with Gasteiger partial charge in [-0.2, -0.15) is 8.78 Å². The maximum atomic E-state index is 13.5. The molecular formula is C11H15F2N3O2. The Labute approximate surface area is 103 Å². The fourth-order valence-corrected chi connectivity index (χ4v) is 1.40. The zero-order chi connectivity index (χ0) is 13.8.